The largest absolute Gasteiger partial charge is 0.343 e. The Balaban J connectivity index is 4.31. The van der Waals surface area contributed by atoms with Crippen molar-refractivity contribution < 1.29 is 9.59 Å². The zero-order chi connectivity index (χ0) is 11.1. The molecule has 0 bridgehead atoms. The molecule has 14 heavy (non-hydrogen) atoms. The molecule has 2 amide bonds. The number of nitrogens with two attached hydrogens (primary N) is 1. The minimum Gasteiger partial charge on any atom is -0.343 e. The zero-order valence-corrected chi connectivity index (χ0v) is 8.62. The molecule has 0 aliphatic rings. The van der Waals surface area contributed by atoms with Crippen LogP contribution in [0.15, 0.2) is 4.99 Å². The summed E-state index contributed by atoms with van der Waals surface area (Å²) in [7, 11) is 0. The number of amides is 2. The highest BCUT2D eigenvalue weighted by atomic mass is 16.2. The van der Waals surface area contributed by atoms with Gasteiger partial charge in [0.25, 0.3) is 5.91 Å². The number of hydrogen-bond acceptors (Lipinski definition) is 3. The SMILES string of the molecule is C=NC(=O)[C@H](CC(C)C)NC(=O)CN. The van der Waals surface area contributed by atoms with E-state index in [9.17, 15) is 9.59 Å². The fraction of sp³-hybridized carbons (Fsp3) is 0.667. The van der Waals surface area contributed by atoms with Crippen molar-refractivity contribution >= 4 is 18.5 Å². The second-order valence-electron chi connectivity index (χ2n) is 3.45. The normalized spacial score (nSPS) is 12.3. The summed E-state index contributed by atoms with van der Waals surface area (Å²) in [6.07, 6.45) is 0.545. The third kappa shape index (κ3) is 4.71. The first-order valence-electron chi connectivity index (χ1n) is 4.51. The molecule has 0 saturated heterocycles. The molecule has 0 rings (SSSR count). The molecule has 0 unspecified atom stereocenters. The summed E-state index contributed by atoms with van der Waals surface area (Å²) < 4.78 is 0. The van der Waals surface area contributed by atoms with Crippen LogP contribution in [0.4, 0.5) is 0 Å². The molecule has 0 spiro atoms. The van der Waals surface area contributed by atoms with Gasteiger partial charge in [0.1, 0.15) is 6.04 Å². The fourth-order valence-electron chi connectivity index (χ4n) is 1.06. The summed E-state index contributed by atoms with van der Waals surface area (Å²) in [4.78, 5) is 25.5. The number of carbonyl (C=O) groups is 2. The molecule has 80 valence electrons. The van der Waals surface area contributed by atoms with E-state index in [0.717, 1.165) is 0 Å². The second kappa shape index (κ2) is 6.26. The maximum Gasteiger partial charge on any atom is 0.267 e. The smallest absolute Gasteiger partial charge is 0.267 e. The number of nitrogens with zero attached hydrogens (tertiary/aromatic N) is 1. The van der Waals surface area contributed by atoms with Crippen molar-refractivity contribution in [2.45, 2.75) is 26.3 Å². The van der Waals surface area contributed by atoms with Gasteiger partial charge in [0.05, 0.1) is 6.54 Å². The van der Waals surface area contributed by atoms with E-state index in [1.807, 2.05) is 13.8 Å². The maximum atomic E-state index is 11.2. The highest BCUT2D eigenvalue weighted by Gasteiger charge is 2.19. The molecule has 0 aliphatic heterocycles. The molecular weight excluding hydrogens is 182 g/mol. The van der Waals surface area contributed by atoms with Crippen molar-refractivity contribution in [3.05, 3.63) is 0 Å². The first kappa shape index (κ1) is 12.8. The monoisotopic (exact) mass is 199 g/mol. The van der Waals surface area contributed by atoms with Crippen LogP contribution in [0.1, 0.15) is 20.3 Å². The first-order chi connectivity index (χ1) is 6.51. The highest BCUT2D eigenvalue weighted by molar-refractivity contribution is 5.90. The molecule has 0 aromatic rings. The Labute approximate surface area is 83.8 Å². The topological polar surface area (TPSA) is 84.5 Å². The van der Waals surface area contributed by atoms with Gasteiger partial charge in [0.2, 0.25) is 5.91 Å². The van der Waals surface area contributed by atoms with Crippen molar-refractivity contribution in [1.82, 2.24) is 5.32 Å². The van der Waals surface area contributed by atoms with Gasteiger partial charge >= 0.3 is 0 Å². The van der Waals surface area contributed by atoms with Crippen LogP contribution in [0.25, 0.3) is 0 Å². The van der Waals surface area contributed by atoms with Crippen molar-refractivity contribution in [1.29, 1.82) is 0 Å². The molecule has 0 aromatic heterocycles. The lowest BCUT2D eigenvalue weighted by molar-refractivity contribution is -0.126. The van der Waals surface area contributed by atoms with Gasteiger partial charge in [0, 0.05) is 0 Å². The van der Waals surface area contributed by atoms with Crippen LogP contribution in [-0.4, -0.2) is 31.1 Å². The Bertz CT molecular complexity index is 226. The minimum absolute atomic E-state index is 0.126. The summed E-state index contributed by atoms with van der Waals surface area (Å²) in [5.74, 6) is -0.475. The van der Waals surface area contributed by atoms with E-state index in [0.29, 0.717) is 12.3 Å². The van der Waals surface area contributed by atoms with E-state index >= 15 is 0 Å². The highest BCUT2D eigenvalue weighted by Crippen LogP contribution is 2.05. The molecule has 1 atom stereocenters. The summed E-state index contributed by atoms with van der Waals surface area (Å²) >= 11 is 0. The predicted octanol–water partition coefficient (Wildman–Crippen LogP) is -0.297. The molecule has 0 fully saturated rings. The van der Waals surface area contributed by atoms with Gasteiger partial charge < -0.3 is 11.1 Å². The third-order valence-corrected chi connectivity index (χ3v) is 1.68. The molecule has 0 heterocycles. The third-order valence-electron chi connectivity index (χ3n) is 1.68. The second-order valence-corrected chi connectivity index (χ2v) is 3.45. The predicted molar refractivity (Wildman–Crippen MR) is 55.0 cm³/mol. The molecular formula is C9H17N3O2. The summed E-state index contributed by atoms with van der Waals surface area (Å²) in [6.45, 7) is 6.93. The van der Waals surface area contributed by atoms with Gasteiger partial charge in [-0.25, -0.2) is 4.99 Å². The summed E-state index contributed by atoms with van der Waals surface area (Å²) in [5.41, 5.74) is 5.12. The number of rotatable bonds is 5. The number of carbonyl (C=O) groups excluding carboxylic acids is 2. The van der Waals surface area contributed by atoms with E-state index in [4.69, 9.17) is 5.73 Å². The van der Waals surface area contributed by atoms with Gasteiger partial charge in [-0.05, 0) is 19.1 Å². The molecule has 3 N–H and O–H groups in total. The standard InChI is InChI=1S/C9H17N3O2/c1-6(2)4-7(9(14)11-3)12-8(13)5-10/h6-7H,3-5,10H2,1-2H3,(H,12,13)/t7-/m0/s1. The van der Waals surface area contributed by atoms with Gasteiger partial charge in [0.15, 0.2) is 0 Å². The van der Waals surface area contributed by atoms with E-state index in [2.05, 4.69) is 17.0 Å². The summed E-state index contributed by atoms with van der Waals surface area (Å²) in [6, 6.07) is -0.594. The van der Waals surface area contributed by atoms with Crippen molar-refractivity contribution in [3.8, 4) is 0 Å². The number of aliphatic imine (C=N–C) groups is 1. The van der Waals surface area contributed by atoms with Crippen molar-refractivity contribution in [3.63, 3.8) is 0 Å². The average Bonchev–Trinajstić information content (AvgIpc) is 2.14. The number of nitrogens with one attached hydrogen (secondary N) is 1. The van der Waals surface area contributed by atoms with E-state index in [-0.39, 0.29) is 12.5 Å². The van der Waals surface area contributed by atoms with Crippen LogP contribution in [-0.2, 0) is 9.59 Å². The van der Waals surface area contributed by atoms with Crippen LogP contribution < -0.4 is 11.1 Å². The Morgan fingerprint density at radius 2 is 2.07 bits per heavy atom. The van der Waals surface area contributed by atoms with Gasteiger partial charge in [-0.2, -0.15) is 0 Å². The van der Waals surface area contributed by atoms with Crippen molar-refractivity contribution in [2.75, 3.05) is 6.54 Å². The van der Waals surface area contributed by atoms with E-state index in [1.165, 1.54) is 0 Å². The van der Waals surface area contributed by atoms with Crippen LogP contribution in [0, 0.1) is 5.92 Å². The Morgan fingerprint density at radius 3 is 2.43 bits per heavy atom. The molecule has 0 aromatic carbocycles. The maximum absolute atomic E-state index is 11.2. The van der Waals surface area contributed by atoms with Gasteiger partial charge in [-0.3, -0.25) is 9.59 Å². The fourth-order valence-corrected chi connectivity index (χ4v) is 1.06. The van der Waals surface area contributed by atoms with Crippen molar-refractivity contribution in [2.24, 2.45) is 16.6 Å². The first-order valence-corrected chi connectivity index (χ1v) is 4.51. The zero-order valence-electron chi connectivity index (χ0n) is 8.62. The molecule has 5 nitrogen and oxygen atoms in total. The Kier molecular flexibility index (Phi) is 5.71. The van der Waals surface area contributed by atoms with E-state index < -0.39 is 11.9 Å². The molecule has 5 heteroatoms. The van der Waals surface area contributed by atoms with Crippen LogP contribution >= 0.6 is 0 Å². The molecule has 0 aliphatic carbocycles. The molecule has 0 saturated carbocycles. The van der Waals surface area contributed by atoms with Gasteiger partial charge in [-0.15, -0.1) is 0 Å². The molecule has 0 radical (unpaired) electrons. The lowest BCUT2D eigenvalue weighted by Gasteiger charge is -2.16. The van der Waals surface area contributed by atoms with E-state index in [1.54, 1.807) is 0 Å². The van der Waals surface area contributed by atoms with Crippen LogP contribution in [0.2, 0.25) is 0 Å². The average molecular weight is 199 g/mol. The number of hydrogen-bond donors (Lipinski definition) is 2. The lowest BCUT2D eigenvalue weighted by Crippen LogP contribution is -2.43. The van der Waals surface area contributed by atoms with Crippen LogP contribution in [0.3, 0.4) is 0 Å². The Hall–Kier alpha value is -1.23. The Morgan fingerprint density at radius 1 is 1.50 bits per heavy atom. The van der Waals surface area contributed by atoms with Gasteiger partial charge in [-0.1, -0.05) is 13.8 Å². The quantitative estimate of drug-likeness (QED) is 0.596. The minimum atomic E-state index is -0.594. The lowest BCUT2D eigenvalue weighted by atomic mass is 10.0. The summed E-state index contributed by atoms with van der Waals surface area (Å²) in [5, 5.41) is 2.50. The van der Waals surface area contributed by atoms with Crippen LogP contribution in [0.5, 0.6) is 0 Å².